The Morgan fingerprint density at radius 1 is 0.938 bits per heavy atom. The number of halogens is 2. The first-order valence-corrected chi connectivity index (χ1v) is 5.90. The van der Waals surface area contributed by atoms with Gasteiger partial charge in [-0.1, -0.05) is 40.2 Å². The first kappa shape index (κ1) is 11.3. The number of benzene rings is 2. The van der Waals surface area contributed by atoms with E-state index in [4.69, 9.17) is 0 Å². The molecule has 16 heavy (non-hydrogen) atoms. The average molecular weight is 279 g/mol. The molecule has 0 fully saturated rings. The molecule has 0 unspecified atom stereocenters. The molecule has 0 aromatic heterocycles. The molecule has 0 saturated carbocycles. The van der Waals surface area contributed by atoms with Gasteiger partial charge in [0.05, 0.1) is 0 Å². The Kier molecular flexibility index (Phi) is 3.10. The standard InChI is InChI=1S/C14H12BrF/c1-9-5-3-4-6-12(9)13-8-11(15)7-10(2)14(13)16/h3-8H,1-2H3. The zero-order valence-corrected chi connectivity index (χ0v) is 10.8. The molecule has 0 N–H and O–H groups in total. The van der Waals surface area contributed by atoms with Crippen LogP contribution in [0.25, 0.3) is 11.1 Å². The van der Waals surface area contributed by atoms with Crippen molar-refractivity contribution in [2.75, 3.05) is 0 Å². The molecule has 0 nitrogen and oxygen atoms in total. The monoisotopic (exact) mass is 278 g/mol. The third-order valence-corrected chi connectivity index (χ3v) is 3.11. The molecule has 0 atom stereocenters. The summed E-state index contributed by atoms with van der Waals surface area (Å²) in [6, 6.07) is 11.4. The molecular formula is C14H12BrF. The fraction of sp³-hybridized carbons (Fsp3) is 0.143. The van der Waals surface area contributed by atoms with Crippen LogP contribution in [0.5, 0.6) is 0 Å². The summed E-state index contributed by atoms with van der Waals surface area (Å²) in [5, 5.41) is 0. The summed E-state index contributed by atoms with van der Waals surface area (Å²) in [7, 11) is 0. The van der Waals surface area contributed by atoms with Crippen LogP contribution in [0.2, 0.25) is 0 Å². The Bertz CT molecular complexity index is 532. The van der Waals surface area contributed by atoms with E-state index in [0.717, 1.165) is 15.6 Å². The molecule has 0 bridgehead atoms. The van der Waals surface area contributed by atoms with Crippen LogP contribution in [0, 0.1) is 19.7 Å². The zero-order chi connectivity index (χ0) is 11.7. The van der Waals surface area contributed by atoms with E-state index in [1.54, 1.807) is 13.0 Å². The van der Waals surface area contributed by atoms with Gasteiger partial charge in [0.15, 0.2) is 0 Å². The predicted molar refractivity (Wildman–Crippen MR) is 69.0 cm³/mol. The van der Waals surface area contributed by atoms with Gasteiger partial charge in [-0.05, 0) is 42.7 Å². The van der Waals surface area contributed by atoms with E-state index in [-0.39, 0.29) is 5.82 Å². The molecule has 2 rings (SSSR count). The van der Waals surface area contributed by atoms with Crippen LogP contribution in [-0.2, 0) is 0 Å². The van der Waals surface area contributed by atoms with Gasteiger partial charge in [-0.15, -0.1) is 0 Å². The van der Waals surface area contributed by atoms with Gasteiger partial charge < -0.3 is 0 Å². The van der Waals surface area contributed by atoms with Gasteiger partial charge in [0, 0.05) is 10.0 Å². The van der Waals surface area contributed by atoms with E-state index in [2.05, 4.69) is 15.9 Å². The first-order chi connectivity index (χ1) is 7.59. The maximum absolute atomic E-state index is 14.0. The highest BCUT2D eigenvalue weighted by atomic mass is 79.9. The van der Waals surface area contributed by atoms with Crippen LogP contribution in [-0.4, -0.2) is 0 Å². The quantitative estimate of drug-likeness (QED) is 0.698. The van der Waals surface area contributed by atoms with Crippen molar-refractivity contribution in [3.8, 4) is 11.1 Å². The predicted octanol–water partition coefficient (Wildman–Crippen LogP) is 4.87. The summed E-state index contributed by atoms with van der Waals surface area (Å²) in [6.45, 7) is 3.77. The Balaban J connectivity index is 2.69. The molecule has 0 spiro atoms. The van der Waals surface area contributed by atoms with Crippen molar-refractivity contribution < 1.29 is 4.39 Å². The SMILES string of the molecule is Cc1ccccc1-c1cc(Br)cc(C)c1F. The van der Waals surface area contributed by atoms with Crippen LogP contribution in [0.4, 0.5) is 4.39 Å². The van der Waals surface area contributed by atoms with Gasteiger partial charge in [0.25, 0.3) is 0 Å². The van der Waals surface area contributed by atoms with Gasteiger partial charge >= 0.3 is 0 Å². The third kappa shape index (κ3) is 2.03. The molecule has 2 aromatic rings. The second kappa shape index (κ2) is 4.38. The van der Waals surface area contributed by atoms with E-state index in [9.17, 15) is 4.39 Å². The van der Waals surface area contributed by atoms with Gasteiger partial charge in [-0.2, -0.15) is 0 Å². The third-order valence-electron chi connectivity index (χ3n) is 2.65. The van der Waals surface area contributed by atoms with Crippen LogP contribution in [0.15, 0.2) is 40.9 Å². The lowest BCUT2D eigenvalue weighted by Crippen LogP contribution is -1.91. The summed E-state index contributed by atoms with van der Waals surface area (Å²) in [4.78, 5) is 0. The van der Waals surface area contributed by atoms with Crippen LogP contribution in [0.3, 0.4) is 0 Å². The maximum atomic E-state index is 14.0. The van der Waals surface area contributed by atoms with Crippen molar-refractivity contribution in [2.45, 2.75) is 13.8 Å². The summed E-state index contributed by atoms with van der Waals surface area (Å²) in [5.74, 6) is -0.141. The molecule has 82 valence electrons. The highest BCUT2D eigenvalue weighted by molar-refractivity contribution is 9.10. The van der Waals surface area contributed by atoms with Crippen molar-refractivity contribution in [1.82, 2.24) is 0 Å². The lowest BCUT2D eigenvalue weighted by Gasteiger charge is -2.09. The minimum absolute atomic E-state index is 0.141. The van der Waals surface area contributed by atoms with Crippen LogP contribution >= 0.6 is 15.9 Å². The number of hydrogen-bond donors (Lipinski definition) is 0. The normalized spacial score (nSPS) is 10.5. The average Bonchev–Trinajstić information content (AvgIpc) is 2.24. The lowest BCUT2D eigenvalue weighted by atomic mass is 9.98. The molecule has 0 radical (unpaired) electrons. The van der Waals surface area contributed by atoms with Crippen LogP contribution < -0.4 is 0 Å². The number of rotatable bonds is 1. The molecule has 0 aliphatic carbocycles. The van der Waals surface area contributed by atoms with E-state index >= 15 is 0 Å². The zero-order valence-electron chi connectivity index (χ0n) is 9.22. The van der Waals surface area contributed by atoms with E-state index in [1.807, 2.05) is 37.3 Å². The van der Waals surface area contributed by atoms with Crippen LogP contribution in [0.1, 0.15) is 11.1 Å². The highest BCUT2D eigenvalue weighted by Crippen LogP contribution is 2.30. The second-order valence-corrected chi connectivity index (χ2v) is 4.81. The summed E-state index contributed by atoms with van der Waals surface area (Å²) in [6.07, 6.45) is 0. The minimum atomic E-state index is -0.141. The largest absolute Gasteiger partial charge is 0.206 e. The summed E-state index contributed by atoms with van der Waals surface area (Å²) in [5.41, 5.74) is 3.35. The number of aryl methyl sites for hydroxylation is 2. The molecule has 0 amide bonds. The molecular weight excluding hydrogens is 267 g/mol. The fourth-order valence-corrected chi connectivity index (χ4v) is 2.37. The lowest BCUT2D eigenvalue weighted by molar-refractivity contribution is 0.621. The first-order valence-electron chi connectivity index (χ1n) is 5.11. The molecule has 0 heterocycles. The molecule has 0 saturated heterocycles. The fourth-order valence-electron chi connectivity index (χ4n) is 1.80. The molecule has 2 aromatic carbocycles. The summed E-state index contributed by atoms with van der Waals surface area (Å²) < 4.78 is 14.9. The Hall–Kier alpha value is -1.15. The van der Waals surface area contributed by atoms with E-state index in [1.165, 1.54) is 0 Å². The Morgan fingerprint density at radius 2 is 1.62 bits per heavy atom. The second-order valence-electron chi connectivity index (χ2n) is 3.90. The molecule has 0 aliphatic rings. The highest BCUT2D eigenvalue weighted by Gasteiger charge is 2.10. The van der Waals surface area contributed by atoms with E-state index < -0.39 is 0 Å². The Morgan fingerprint density at radius 3 is 2.31 bits per heavy atom. The van der Waals surface area contributed by atoms with Gasteiger partial charge in [-0.25, -0.2) is 4.39 Å². The van der Waals surface area contributed by atoms with E-state index in [0.29, 0.717) is 11.1 Å². The van der Waals surface area contributed by atoms with Crippen molar-refractivity contribution in [3.63, 3.8) is 0 Å². The van der Waals surface area contributed by atoms with Gasteiger partial charge in [-0.3, -0.25) is 0 Å². The van der Waals surface area contributed by atoms with Crippen molar-refractivity contribution in [3.05, 3.63) is 57.8 Å². The van der Waals surface area contributed by atoms with Crippen molar-refractivity contribution >= 4 is 15.9 Å². The number of hydrogen-bond acceptors (Lipinski definition) is 0. The topological polar surface area (TPSA) is 0 Å². The van der Waals surface area contributed by atoms with Gasteiger partial charge in [0.1, 0.15) is 5.82 Å². The smallest absolute Gasteiger partial charge is 0.134 e. The maximum Gasteiger partial charge on any atom is 0.134 e. The van der Waals surface area contributed by atoms with Crippen molar-refractivity contribution in [1.29, 1.82) is 0 Å². The Labute approximate surface area is 103 Å². The van der Waals surface area contributed by atoms with Gasteiger partial charge in [0.2, 0.25) is 0 Å². The molecule has 2 heteroatoms. The molecule has 0 aliphatic heterocycles. The van der Waals surface area contributed by atoms with Crippen molar-refractivity contribution in [2.24, 2.45) is 0 Å². The minimum Gasteiger partial charge on any atom is -0.206 e. The summed E-state index contributed by atoms with van der Waals surface area (Å²) >= 11 is 3.40.